The number of aromatic hydroxyl groups is 1. The number of carbonyl (C=O) groups is 1. The van der Waals surface area contributed by atoms with Gasteiger partial charge in [-0.05, 0) is 25.2 Å². The SMILES string of the molecule is CNCc1cc(C=O)ccc1O. The molecule has 0 fully saturated rings. The maximum atomic E-state index is 10.4. The Kier molecular flexibility index (Phi) is 2.82. The Morgan fingerprint density at radius 3 is 2.92 bits per heavy atom. The highest BCUT2D eigenvalue weighted by Gasteiger charge is 2.00. The van der Waals surface area contributed by atoms with Crippen LogP contribution in [-0.2, 0) is 6.54 Å². The van der Waals surface area contributed by atoms with Crippen molar-refractivity contribution in [1.82, 2.24) is 5.32 Å². The fraction of sp³-hybridized carbons (Fsp3) is 0.222. The van der Waals surface area contributed by atoms with E-state index in [1.807, 2.05) is 0 Å². The van der Waals surface area contributed by atoms with Crippen molar-refractivity contribution in [2.24, 2.45) is 0 Å². The molecule has 64 valence electrons. The summed E-state index contributed by atoms with van der Waals surface area (Å²) >= 11 is 0. The van der Waals surface area contributed by atoms with Gasteiger partial charge in [-0.15, -0.1) is 0 Å². The average Bonchev–Trinajstić information content (AvgIpc) is 2.09. The minimum Gasteiger partial charge on any atom is -0.508 e. The van der Waals surface area contributed by atoms with E-state index in [9.17, 15) is 9.90 Å². The highest BCUT2D eigenvalue weighted by molar-refractivity contribution is 5.75. The van der Waals surface area contributed by atoms with Crippen LogP contribution in [0.25, 0.3) is 0 Å². The normalized spacial score (nSPS) is 9.75. The van der Waals surface area contributed by atoms with Gasteiger partial charge in [0.05, 0.1) is 0 Å². The molecule has 3 heteroatoms. The second kappa shape index (κ2) is 3.88. The molecular formula is C9H11NO2. The maximum absolute atomic E-state index is 10.4. The third-order valence-electron chi connectivity index (χ3n) is 1.61. The monoisotopic (exact) mass is 165 g/mol. The Morgan fingerprint density at radius 1 is 1.58 bits per heavy atom. The smallest absolute Gasteiger partial charge is 0.150 e. The number of hydrogen-bond acceptors (Lipinski definition) is 3. The van der Waals surface area contributed by atoms with E-state index in [0.717, 1.165) is 11.8 Å². The Balaban J connectivity index is 2.99. The summed E-state index contributed by atoms with van der Waals surface area (Å²) < 4.78 is 0. The van der Waals surface area contributed by atoms with Crippen LogP contribution in [0, 0.1) is 0 Å². The number of hydrogen-bond donors (Lipinski definition) is 2. The van der Waals surface area contributed by atoms with Gasteiger partial charge in [-0.25, -0.2) is 0 Å². The van der Waals surface area contributed by atoms with E-state index >= 15 is 0 Å². The van der Waals surface area contributed by atoms with Crippen molar-refractivity contribution >= 4 is 6.29 Å². The number of rotatable bonds is 3. The quantitative estimate of drug-likeness (QED) is 0.655. The average molecular weight is 165 g/mol. The van der Waals surface area contributed by atoms with Crippen LogP contribution in [0.2, 0.25) is 0 Å². The van der Waals surface area contributed by atoms with E-state index in [0.29, 0.717) is 12.1 Å². The molecule has 1 aromatic carbocycles. The van der Waals surface area contributed by atoms with Gasteiger partial charge in [0.1, 0.15) is 12.0 Å². The van der Waals surface area contributed by atoms with Crippen molar-refractivity contribution < 1.29 is 9.90 Å². The number of aldehydes is 1. The first-order chi connectivity index (χ1) is 5.77. The molecule has 0 aliphatic heterocycles. The van der Waals surface area contributed by atoms with Crippen molar-refractivity contribution in [2.75, 3.05) is 7.05 Å². The number of nitrogens with one attached hydrogen (secondary N) is 1. The van der Waals surface area contributed by atoms with Gasteiger partial charge in [-0.1, -0.05) is 0 Å². The fourth-order valence-corrected chi connectivity index (χ4v) is 1.01. The fourth-order valence-electron chi connectivity index (χ4n) is 1.01. The molecule has 0 heterocycles. The van der Waals surface area contributed by atoms with Crippen molar-refractivity contribution in [3.8, 4) is 5.75 Å². The number of benzene rings is 1. The van der Waals surface area contributed by atoms with Crippen LogP contribution in [0.1, 0.15) is 15.9 Å². The highest BCUT2D eigenvalue weighted by Crippen LogP contribution is 2.16. The third kappa shape index (κ3) is 1.83. The predicted octanol–water partition coefficient (Wildman–Crippen LogP) is 0.924. The van der Waals surface area contributed by atoms with E-state index in [2.05, 4.69) is 5.32 Å². The minimum atomic E-state index is 0.218. The summed E-state index contributed by atoms with van der Waals surface area (Å²) in [5, 5.41) is 12.2. The third-order valence-corrected chi connectivity index (χ3v) is 1.61. The lowest BCUT2D eigenvalue weighted by atomic mass is 10.1. The van der Waals surface area contributed by atoms with Gasteiger partial charge in [0, 0.05) is 17.7 Å². The zero-order chi connectivity index (χ0) is 8.97. The summed E-state index contributed by atoms with van der Waals surface area (Å²) in [4.78, 5) is 10.4. The number of carbonyl (C=O) groups excluding carboxylic acids is 1. The highest BCUT2D eigenvalue weighted by atomic mass is 16.3. The first-order valence-electron chi connectivity index (χ1n) is 3.69. The van der Waals surface area contributed by atoms with Gasteiger partial charge in [-0.2, -0.15) is 0 Å². The Morgan fingerprint density at radius 2 is 2.33 bits per heavy atom. The Hall–Kier alpha value is -1.35. The predicted molar refractivity (Wildman–Crippen MR) is 46.3 cm³/mol. The summed E-state index contributed by atoms with van der Waals surface area (Å²) in [6.07, 6.45) is 0.762. The molecule has 0 spiro atoms. The summed E-state index contributed by atoms with van der Waals surface area (Å²) in [5.41, 5.74) is 1.32. The molecule has 1 aromatic rings. The summed E-state index contributed by atoms with van der Waals surface area (Å²) in [6.45, 7) is 0.563. The second-order valence-electron chi connectivity index (χ2n) is 2.54. The molecule has 0 aromatic heterocycles. The van der Waals surface area contributed by atoms with Gasteiger partial charge in [0.15, 0.2) is 0 Å². The van der Waals surface area contributed by atoms with Crippen molar-refractivity contribution in [3.63, 3.8) is 0 Å². The van der Waals surface area contributed by atoms with Crippen LogP contribution >= 0.6 is 0 Å². The van der Waals surface area contributed by atoms with Gasteiger partial charge in [0.25, 0.3) is 0 Å². The molecule has 1 rings (SSSR count). The molecule has 0 unspecified atom stereocenters. The zero-order valence-corrected chi connectivity index (χ0v) is 6.87. The minimum absolute atomic E-state index is 0.218. The first-order valence-corrected chi connectivity index (χ1v) is 3.69. The lowest BCUT2D eigenvalue weighted by molar-refractivity contribution is 0.112. The molecule has 0 saturated heterocycles. The molecule has 0 aliphatic carbocycles. The molecule has 0 saturated carbocycles. The molecular weight excluding hydrogens is 154 g/mol. The van der Waals surface area contributed by atoms with Gasteiger partial charge in [0.2, 0.25) is 0 Å². The maximum Gasteiger partial charge on any atom is 0.150 e. The van der Waals surface area contributed by atoms with Crippen LogP contribution in [0.4, 0.5) is 0 Å². The van der Waals surface area contributed by atoms with E-state index < -0.39 is 0 Å². The molecule has 0 bridgehead atoms. The number of phenols is 1. The largest absolute Gasteiger partial charge is 0.508 e. The molecule has 12 heavy (non-hydrogen) atoms. The summed E-state index contributed by atoms with van der Waals surface area (Å²) in [5.74, 6) is 0.218. The summed E-state index contributed by atoms with van der Waals surface area (Å²) in [6, 6.07) is 4.77. The first kappa shape index (κ1) is 8.74. The van der Waals surface area contributed by atoms with E-state index in [1.165, 1.54) is 6.07 Å². The standard InChI is InChI=1S/C9H11NO2/c1-10-5-8-4-7(6-11)2-3-9(8)12/h2-4,6,10,12H,5H2,1H3. The van der Waals surface area contributed by atoms with Crippen LogP contribution in [0.5, 0.6) is 5.75 Å². The van der Waals surface area contributed by atoms with Crippen LogP contribution in [0.3, 0.4) is 0 Å². The molecule has 0 aliphatic rings. The van der Waals surface area contributed by atoms with E-state index in [4.69, 9.17) is 0 Å². The molecule has 3 nitrogen and oxygen atoms in total. The molecule has 2 N–H and O–H groups in total. The molecule has 0 amide bonds. The Bertz CT molecular complexity index is 284. The summed E-state index contributed by atoms with van der Waals surface area (Å²) in [7, 11) is 1.78. The number of phenolic OH excluding ortho intramolecular Hbond substituents is 1. The lowest BCUT2D eigenvalue weighted by Crippen LogP contribution is -2.05. The van der Waals surface area contributed by atoms with Crippen molar-refractivity contribution in [2.45, 2.75) is 6.54 Å². The van der Waals surface area contributed by atoms with Crippen molar-refractivity contribution in [3.05, 3.63) is 29.3 Å². The van der Waals surface area contributed by atoms with Gasteiger partial charge in [-0.3, -0.25) is 4.79 Å². The van der Waals surface area contributed by atoms with Gasteiger partial charge >= 0.3 is 0 Å². The van der Waals surface area contributed by atoms with E-state index in [1.54, 1.807) is 19.2 Å². The zero-order valence-electron chi connectivity index (χ0n) is 6.87. The molecule has 0 atom stereocenters. The second-order valence-corrected chi connectivity index (χ2v) is 2.54. The topological polar surface area (TPSA) is 49.3 Å². The lowest BCUT2D eigenvalue weighted by Gasteiger charge is -2.03. The van der Waals surface area contributed by atoms with Crippen LogP contribution in [-0.4, -0.2) is 18.4 Å². The van der Waals surface area contributed by atoms with Crippen LogP contribution in [0.15, 0.2) is 18.2 Å². The molecule has 0 radical (unpaired) electrons. The van der Waals surface area contributed by atoms with Crippen LogP contribution < -0.4 is 5.32 Å². The van der Waals surface area contributed by atoms with Crippen molar-refractivity contribution in [1.29, 1.82) is 0 Å². The Labute approximate surface area is 71.0 Å². The van der Waals surface area contributed by atoms with E-state index in [-0.39, 0.29) is 5.75 Å². The van der Waals surface area contributed by atoms with Gasteiger partial charge < -0.3 is 10.4 Å².